The van der Waals surface area contributed by atoms with E-state index in [-0.39, 0.29) is 0 Å². The van der Waals surface area contributed by atoms with Crippen LogP contribution in [0.3, 0.4) is 0 Å². The van der Waals surface area contributed by atoms with Gasteiger partial charge in [-0.2, -0.15) is 5.26 Å². The third-order valence-corrected chi connectivity index (χ3v) is 3.71. The van der Waals surface area contributed by atoms with Crippen molar-refractivity contribution in [3.05, 3.63) is 58.3 Å². The van der Waals surface area contributed by atoms with E-state index in [1.54, 1.807) is 43.8 Å². The highest BCUT2D eigenvalue weighted by Crippen LogP contribution is 2.33. The number of benzene rings is 1. The highest BCUT2D eigenvalue weighted by Gasteiger charge is 2.11. The van der Waals surface area contributed by atoms with Crippen LogP contribution in [0.4, 0.5) is 0 Å². The molecule has 0 radical (unpaired) electrons. The normalized spacial score (nSPS) is 11.5. The molecule has 5 heteroatoms. The molecule has 0 aliphatic carbocycles. The van der Waals surface area contributed by atoms with E-state index in [0.29, 0.717) is 21.9 Å². The number of aromatic nitrogens is 1. The fourth-order valence-corrected chi connectivity index (χ4v) is 2.51. The zero-order valence-corrected chi connectivity index (χ0v) is 12.9. The molecule has 3 nitrogen and oxygen atoms in total. The lowest BCUT2D eigenvalue weighted by molar-refractivity contribution is 0.412. The second-order valence-electron chi connectivity index (χ2n) is 3.89. The number of hydrogen-bond donors (Lipinski definition) is 0. The summed E-state index contributed by atoms with van der Waals surface area (Å²) in [5.41, 5.74) is 1.81. The summed E-state index contributed by atoms with van der Waals surface area (Å²) in [6.07, 6.45) is 3.26. The Kier molecular flexibility index (Phi) is 4.78. The number of nitriles is 1. The second-order valence-corrected chi connectivity index (χ2v) is 5.12. The standard InChI is InChI=1S/C15H10BrClN2O/c1-20-14-5-4-10(7-13(14)16)15(17)12(8-18)11-3-2-6-19-9-11/h2-7,9H,1H3/b15-12+. The molecule has 0 bridgehead atoms. The van der Waals surface area contributed by atoms with Gasteiger partial charge in [0.25, 0.3) is 0 Å². The van der Waals surface area contributed by atoms with Crippen LogP contribution in [0.15, 0.2) is 47.2 Å². The van der Waals surface area contributed by atoms with Crippen LogP contribution in [-0.2, 0) is 0 Å². The first-order valence-corrected chi connectivity index (χ1v) is 6.88. The number of hydrogen-bond acceptors (Lipinski definition) is 3. The maximum atomic E-state index is 9.32. The summed E-state index contributed by atoms with van der Waals surface area (Å²) < 4.78 is 5.95. The Bertz CT molecular complexity index is 693. The molecule has 0 spiro atoms. The summed E-state index contributed by atoms with van der Waals surface area (Å²) in [5.74, 6) is 0.707. The van der Waals surface area contributed by atoms with Crippen LogP contribution >= 0.6 is 27.5 Å². The lowest BCUT2D eigenvalue weighted by atomic mass is 10.1. The van der Waals surface area contributed by atoms with Gasteiger partial charge in [-0.1, -0.05) is 17.7 Å². The predicted molar refractivity (Wildman–Crippen MR) is 83.2 cm³/mol. The summed E-state index contributed by atoms with van der Waals surface area (Å²) in [4.78, 5) is 4.00. The molecule has 0 N–H and O–H groups in total. The molecule has 2 aromatic rings. The molecule has 0 aliphatic rings. The van der Waals surface area contributed by atoms with E-state index < -0.39 is 0 Å². The fourth-order valence-electron chi connectivity index (χ4n) is 1.70. The van der Waals surface area contributed by atoms with Crippen molar-refractivity contribution in [3.63, 3.8) is 0 Å². The van der Waals surface area contributed by atoms with Crippen LogP contribution in [0.1, 0.15) is 11.1 Å². The monoisotopic (exact) mass is 348 g/mol. The number of methoxy groups -OCH3 is 1. The topological polar surface area (TPSA) is 45.9 Å². The molecule has 0 amide bonds. The largest absolute Gasteiger partial charge is 0.496 e. The highest BCUT2D eigenvalue weighted by atomic mass is 79.9. The minimum Gasteiger partial charge on any atom is -0.496 e. The number of rotatable bonds is 3. The van der Waals surface area contributed by atoms with Gasteiger partial charge in [0, 0.05) is 18.0 Å². The zero-order chi connectivity index (χ0) is 14.5. The summed E-state index contributed by atoms with van der Waals surface area (Å²) in [6, 6.07) is 11.1. The summed E-state index contributed by atoms with van der Waals surface area (Å²) in [7, 11) is 1.59. The summed E-state index contributed by atoms with van der Waals surface area (Å²) in [6.45, 7) is 0. The molecule has 0 atom stereocenters. The average Bonchev–Trinajstić information content (AvgIpc) is 2.49. The third-order valence-electron chi connectivity index (χ3n) is 2.69. The van der Waals surface area contributed by atoms with Crippen LogP contribution in [0.5, 0.6) is 5.75 Å². The quantitative estimate of drug-likeness (QED) is 0.767. The number of halogens is 2. The van der Waals surface area contributed by atoms with Crippen LogP contribution in [0, 0.1) is 11.3 Å². The van der Waals surface area contributed by atoms with Crippen molar-refractivity contribution in [1.82, 2.24) is 4.98 Å². The van der Waals surface area contributed by atoms with Crippen molar-refractivity contribution in [2.75, 3.05) is 7.11 Å². The molecule has 0 aliphatic heterocycles. The molecule has 1 heterocycles. The molecular formula is C15H10BrClN2O. The van der Waals surface area contributed by atoms with Gasteiger partial charge in [-0.15, -0.1) is 0 Å². The first-order valence-electron chi connectivity index (χ1n) is 5.71. The van der Waals surface area contributed by atoms with E-state index in [9.17, 15) is 5.26 Å². The predicted octanol–water partition coefficient (Wildman–Crippen LogP) is 4.48. The van der Waals surface area contributed by atoms with Crippen molar-refractivity contribution < 1.29 is 4.74 Å². The fraction of sp³-hybridized carbons (Fsp3) is 0.0667. The Morgan fingerprint density at radius 1 is 1.35 bits per heavy atom. The summed E-state index contributed by atoms with van der Waals surface area (Å²) >= 11 is 9.74. The van der Waals surface area contributed by atoms with Gasteiger partial charge >= 0.3 is 0 Å². The first kappa shape index (κ1) is 14.6. The van der Waals surface area contributed by atoms with E-state index in [4.69, 9.17) is 16.3 Å². The molecule has 100 valence electrons. The highest BCUT2D eigenvalue weighted by molar-refractivity contribution is 9.10. The molecule has 0 fully saturated rings. The van der Waals surface area contributed by atoms with Gasteiger partial charge in [-0.25, -0.2) is 0 Å². The average molecular weight is 350 g/mol. The van der Waals surface area contributed by atoms with Gasteiger partial charge in [0.2, 0.25) is 0 Å². The zero-order valence-electron chi connectivity index (χ0n) is 10.6. The Labute approximate surface area is 130 Å². The van der Waals surface area contributed by atoms with Gasteiger partial charge in [0.1, 0.15) is 11.8 Å². The molecule has 2 rings (SSSR count). The second kappa shape index (κ2) is 6.56. The molecule has 20 heavy (non-hydrogen) atoms. The maximum absolute atomic E-state index is 9.32. The number of ether oxygens (including phenoxy) is 1. The van der Waals surface area contributed by atoms with E-state index >= 15 is 0 Å². The van der Waals surface area contributed by atoms with Gasteiger partial charge < -0.3 is 4.74 Å². The minimum atomic E-state index is 0.379. The van der Waals surface area contributed by atoms with E-state index in [1.165, 1.54) is 0 Å². The van der Waals surface area contributed by atoms with Gasteiger partial charge in [0.15, 0.2) is 0 Å². The van der Waals surface area contributed by atoms with Crippen LogP contribution in [0.25, 0.3) is 10.6 Å². The molecule has 0 saturated heterocycles. The van der Waals surface area contributed by atoms with Gasteiger partial charge in [0.05, 0.1) is 22.2 Å². The van der Waals surface area contributed by atoms with Crippen LogP contribution < -0.4 is 4.74 Å². The third kappa shape index (κ3) is 3.01. The number of nitrogens with zero attached hydrogens (tertiary/aromatic N) is 2. The molecule has 0 saturated carbocycles. The minimum absolute atomic E-state index is 0.379. The van der Waals surface area contributed by atoms with Crippen LogP contribution in [0.2, 0.25) is 0 Å². The van der Waals surface area contributed by atoms with Crippen LogP contribution in [-0.4, -0.2) is 12.1 Å². The Morgan fingerprint density at radius 2 is 2.15 bits per heavy atom. The first-order chi connectivity index (χ1) is 9.67. The lowest BCUT2D eigenvalue weighted by Crippen LogP contribution is -1.89. The maximum Gasteiger partial charge on any atom is 0.133 e. The van der Waals surface area contributed by atoms with Crippen molar-refractivity contribution in [1.29, 1.82) is 5.26 Å². The number of allylic oxidation sites excluding steroid dienone is 1. The molecule has 1 aromatic heterocycles. The van der Waals surface area contributed by atoms with Gasteiger partial charge in [-0.05, 0) is 45.8 Å². The molecule has 1 aromatic carbocycles. The molecular weight excluding hydrogens is 340 g/mol. The van der Waals surface area contributed by atoms with Crippen molar-refractivity contribution in [2.24, 2.45) is 0 Å². The number of pyridine rings is 1. The van der Waals surface area contributed by atoms with Crippen molar-refractivity contribution in [3.8, 4) is 11.8 Å². The Balaban J connectivity index is 2.52. The Morgan fingerprint density at radius 3 is 2.70 bits per heavy atom. The summed E-state index contributed by atoms with van der Waals surface area (Å²) in [5, 5.41) is 9.70. The SMILES string of the molecule is COc1ccc(/C(Cl)=C(/C#N)c2cccnc2)cc1Br. The van der Waals surface area contributed by atoms with Crippen molar-refractivity contribution >= 4 is 38.1 Å². The Hall–Kier alpha value is -1.83. The molecule has 0 unspecified atom stereocenters. The van der Waals surface area contributed by atoms with Crippen molar-refractivity contribution in [2.45, 2.75) is 0 Å². The van der Waals surface area contributed by atoms with E-state index in [1.807, 2.05) is 6.07 Å². The van der Waals surface area contributed by atoms with Gasteiger partial charge in [-0.3, -0.25) is 4.98 Å². The van der Waals surface area contributed by atoms with E-state index in [0.717, 1.165) is 10.0 Å². The van der Waals surface area contributed by atoms with E-state index in [2.05, 4.69) is 27.0 Å². The lowest BCUT2D eigenvalue weighted by Gasteiger charge is -2.07. The smallest absolute Gasteiger partial charge is 0.133 e.